The lowest BCUT2D eigenvalue weighted by atomic mass is 9.94. The Morgan fingerprint density at radius 2 is 1.94 bits per heavy atom. The molecule has 0 unspecified atom stereocenters. The number of rotatable bonds is 10. The van der Waals surface area contributed by atoms with E-state index in [1.165, 1.54) is 12.1 Å². The molecule has 0 spiro atoms. The summed E-state index contributed by atoms with van der Waals surface area (Å²) in [4.78, 5) is 4.79. The van der Waals surface area contributed by atoms with Gasteiger partial charge in [-0.25, -0.2) is 31.7 Å². The molecule has 15 heteroatoms. The van der Waals surface area contributed by atoms with Crippen molar-refractivity contribution in [2.45, 2.75) is 22.3 Å². The number of benzene rings is 1. The molecule has 0 amide bonds. The summed E-state index contributed by atoms with van der Waals surface area (Å²) < 4.78 is 53.1. The van der Waals surface area contributed by atoms with Gasteiger partial charge in [0, 0.05) is 31.9 Å². The molecule has 2 aliphatic rings. The Kier molecular flexibility index (Phi) is 7.04. The minimum Gasteiger partial charge on any atom is -0.390 e. The summed E-state index contributed by atoms with van der Waals surface area (Å²) in [5.74, 6) is 0.325. The van der Waals surface area contributed by atoms with E-state index in [2.05, 4.69) is 19.9 Å². The molecule has 8 N–H and O–H groups in total. The van der Waals surface area contributed by atoms with Crippen LogP contribution in [-0.2, 0) is 20.0 Å². The normalized spacial score (nSPS) is 18.2. The van der Waals surface area contributed by atoms with Gasteiger partial charge in [0.05, 0.1) is 11.7 Å². The van der Waals surface area contributed by atoms with Crippen LogP contribution in [0.25, 0.3) is 0 Å². The quantitative estimate of drug-likeness (QED) is 0.252. The zero-order chi connectivity index (χ0) is 22.8. The first-order chi connectivity index (χ1) is 14.6. The smallest absolute Gasteiger partial charge is 0.242 e. The minimum atomic E-state index is -4.53. The number of nitrogens with zero attached hydrogens (tertiary/aromatic N) is 4. The Bertz CT molecular complexity index is 1100. The monoisotopic (exact) mass is 474 g/mol. The van der Waals surface area contributed by atoms with Gasteiger partial charge < -0.3 is 21.5 Å². The van der Waals surface area contributed by atoms with E-state index in [-0.39, 0.29) is 24.6 Å². The Morgan fingerprint density at radius 1 is 1.23 bits per heavy atom. The third kappa shape index (κ3) is 5.08. The Labute approximate surface area is 180 Å². The highest BCUT2D eigenvalue weighted by Crippen LogP contribution is 2.37. The molecule has 1 fully saturated rings. The van der Waals surface area contributed by atoms with Crippen molar-refractivity contribution in [3.63, 3.8) is 0 Å². The summed E-state index contributed by atoms with van der Waals surface area (Å²) in [5.41, 5.74) is 11.3. The third-order valence-electron chi connectivity index (χ3n) is 5.00. The molecule has 2 heterocycles. The topological polar surface area (TPSA) is 219 Å². The maximum atomic E-state index is 12.9. The molecule has 0 aromatic heterocycles. The van der Waals surface area contributed by atoms with Crippen LogP contribution in [0.5, 0.6) is 0 Å². The van der Waals surface area contributed by atoms with Crippen LogP contribution in [0.3, 0.4) is 0 Å². The highest BCUT2D eigenvalue weighted by atomic mass is 32.2. The average molecular weight is 475 g/mol. The maximum absolute atomic E-state index is 12.9. The SMILES string of the molecule is NCCC1CN(c2ccc(S(=O)(=O)NC[C@H](O)CN)c(S(N)(=O)=O)c2C2=NCN=N2)C1. The van der Waals surface area contributed by atoms with Crippen molar-refractivity contribution in [2.75, 3.05) is 44.3 Å². The van der Waals surface area contributed by atoms with Crippen molar-refractivity contribution >= 4 is 31.6 Å². The van der Waals surface area contributed by atoms with E-state index in [0.717, 1.165) is 6.42 Å². The number of aliphatic hydroxyl groups excluding tert-OH is 1. The van der Waals surface area contributed by atoms with Crippen LogP contribution >= 0.6 is 0 Å². The van der Waals surface area contributed by atoms with Crippen molar-refractivity contribution < 1.29 is 21.9 Å². The van der Waals surface area contributed by atoms with E-state index in [4.69, 9.17) is 16.6 Å². The van der Waals surface area contributed by atoms with Crippen LogP contribution in [0.2, 0.25) is 0 Å². The summed E-state index contributed by atoms with van der Waals surface area (Å²) >= 11 is 0. The predicted octanol–water partition coefficient (Wildman–Crippen LogP) is -2.11. The number of azo groups is 1. The molecule has 172 valence electrons. The highest BCUT2D eigenvalue weighted by Gasteiger charge is 2.36. The number of hydrogen-bond donors (Lipinski definition) is 5. The van der Waals surface area contributed by atoms with Crippen molar-refractivity contribution in [3.8, 4) is 0 Å². The van der Waals surface area contributed by atoms with Gasteiger partial charge in [-0.05, 0) is 31.0 Å². The van der Waals surface area contributed by atoms with Crippen LogP contribution < -0.4 is 26.2 Å². The number of nitrogens with two attached hydrogens (primary N) is 3. The van der Waals surface area contributed by atoms with E-state index in [9.17, 15) is 21.9 Å². The lowest BCUT2D eigenvalue weighted by Crippen LogP contribution is -2.48. The molecular formula is C16H26N8O5S2. The second-order valence-electron chi connectivity index (χ2n) is 7.29. The van der Waals surface area contributed by atoms with Gasteiger partial charge in [0.25, 0.3) is 0 Å². The largest absolute Gasteiger partial charge is 0.390 e. The van der Waals surface area contributed by atoms with E-state index >= 15 is 0 Å². The fraction of sp³-hybridized carbons (Fsp3) is 0.562. The van der Waals surface area contributed by atoms with Crippen LogP contribution in [0.4, 0.5) is 5.69 Å². The number of aliphatic hydroxyl groups is 1. The van der Waals surface area contributed by atoms with Crippen LogP contribution in [0.1, 0.15) is 12.0 Å². The first-order valence-corrected chi connectivity index (χ1v) is 12.6. The molecule has 3 rings (SSSR count). The number of nitrogens with one attached hydrogen (secondary N) is 1. The zero-order valence-electron chi connectivity index (χ0n) is 16.7. The molecule has 0 aliphatic carbocycles. The van der Waals surface area contributed by atoms with E-state index in [1.54, 1.807) is 0 Å². The second kappa shape index (κ2) is 9.23. The Hall–Kier alpha value is -2.01. The zero-order valence-corrected chi connectivity index (χ0v) is 18.3. The first kappa shape index (κ1) is 23.6. The Morgan fingerprint density at radius 3 is 2.48 bits per heavy atom. The highest BCUT2D eigenvalue weighted by molar-refractivity contribution is 7.92. The molecule has 1 aromatic carbocycles. The van der Waals surface area contributed by atoms with Gasteiger partial charge in [0.2, 0.25) is 20.0 Å². The second-order valence-corrected chi connectivity index (χ2v) is 10.5. The molecule has 1 atom stereocenters. The molecule has 0 radical (unpaired) electrons. The van der Waals surface area contributed by atoms with Crippen LogP contribution in [0, 0.1) is 5.92 Å². The average Bonchev–Trinajstić information content (AvgIpc) is 3.21. The van der Waals surface area contributed by atoms with Gasteiger partial charge in [-0.2, -0.15) is 5.11 Å². The lowest BCUT2D eigenvalue weighted by molar-refractivity contribution is 0.186. The van der Waals surface area contributed by atoms with Crippen molar-refractivity contribution in [3.05, 3.63) is 17.7 Å². The third-order valence-corrected chi connectivity index (χ3v) is 7.59. The number of hydrogen-bond acceptors (Lipinski definition) is 11. The predicted molar refractivity (Wildman–Crippen MR) is 114 cm³/mol. The van der Waals surface area contributed by atoms with E-state index < -0.39 is 42.5 Å². The van der Waals surface area contributed by atoms with Gasteiger partial charge in [-0.3, -0.25) is 0 Å². The van der Waals surface area contributed by atoms with Gasteiger partial charge in [0.15, 0.2) is 12.5 Å². The Balaban J connectivity index is 2.14. The van der Waals surface area contributed by atoms with Crippen molar-refractivity contribution in [2.24, 2.45) is 37.7 Å². The number of sulfonamides is 2. The number of anilines is 1. The standard InChI is InChI=1S/C16H26N8O5S2/c17-4-3-10-7-24(8-10)12-1-2-13(31(28,29)22-6-11(25)5-18)15(30(19,26)27)14(12)16-20-9-21-23-16/h1-2,10-11,22,25H,3-9,17-18H2,(H2,19,26,27)/t11-/m1/s1. The molecule has 1 saturated heterocycles. The summed E-state index contributed by atoms with van der Waals surface area (Å²) in [6, 6.07) is 2.66. The fourth-order valence-electron chi connectivity index (χ4n) is 3.44. The van der Waals surface area contributed by atoms with Crippen LogP contribution in [-0.4, -0.2) is 73.3 Å². The number of primary sulfonamides is 1. The van der Waals surface area contributed by atoms with Gasteiger partial charge in [-0.15, -0.1) is 5.11 Å². The fourth-order valence-corrected chi connectivity index (χ4v) is 6.10. The molecular weight excluding hydrogens is 448 g/mol. The molecule has 0 bridgehead atoms. The molecule has 0 saturated carbocycles. The van der Waals surface area contributed by atoms with Gasteiger partial charge >= 0.3 is 0 Å². The van der Waals surface area contributed by atoms with Crippen molar-refractivity contribution in [1.29, 1.82) is 0 Å². The minimum absolute atomic E-state index is 0.00739. The van der Waals surface area contributed by atoms with Gasteiger partial charge in [-0.1, -0.05) is 0 Å². The number of aliphatic imine (C=N–C) groups is 1. The lowest BCUT2D eigenvalue weighted by Gasteiger charge is -2.42. The maximum Gasteiger partial charge on any atom is 0.242 e. The summed E-state index contributed by atoms with van der Waals surface area (Å²) in [6.07, 6.45) is -0.325. The molecule has 13 nitrogen and oxygen atoms in total. The summed E-state index contributed by atoms with van der Waals surface area (Å²) in [5, 5.41) is 22.7. The van der Waals surface area contributed by atoms with Crippen molar-refractivity contribution in [1.82, 2.24) is 4.72 Å². The van der Waals surface area contributed by atoms with E-state index in [1.807, 2.05) is 4.90 Å². The molecule has 31 heavy (non-hydrogen) atoms. The van der Waals surface area contributed by atoms with E-state index in [0.29, 0.717) is 31.2 Å². The summed E-state index contributed by atoms with van der Waals surface area (Å²) in [7, 11) is -8.90. The molecule has 2 aliphatic heterocycles. The molecule has 1 aromatic rings. The van der Waals surface area contributed by atoms with Crippen LogP contribution in [0.15, 0.2) is 37.1 Å². The summed E-state index contributed by atoms with van der Waals surface area (Å²) in [6.45, 7) is 1.19. The first-order valence-electron chi connectivity index (χ1n) is 9.53. The number of amidine groups is 1. The van der Waals surface area contributed by atoms with Gasteiger partial charge in [0.1, 0.15) is 9.79 Å².